The predicted octanol–water partition coefficient (Wildman–Crippen LogP) is 3.03. The minimum absolute atomic E-state index is 0.209. The first-order chi connectivity index (χ1) is 9.52. The molecule has 0 bridgehead atoms. The molecule has 1 unspecified atom stereocenters. The summed E-state index contributed by atoms with van der Waals surface area (Å²) in [5, 5.41) is 1.22. The van der Waals surface area contributed by atoms with Gasteiger partial charge in [-0.05, 0) is 42.7 Å². The first-order valence-corrected chi connectivity index (χ1v) is 6.89. The lowest BCUT2D eigenvalue weighted by atomic mass is 9.99. The Labute approximate surface area is 128 Å². The third-order valence-electron chi connectivity index (χ3n) is 3.13. The van der Waals surface area contributed by atoms with E-state index in [1.54, 1.807) is 18.3 Å². The fourth-order valence-corrected chi connectivity index (χ4v) is 2.62. The Hall–Kier alpha value is -1.33. The Balaban J connectivity index is 2.36. The van der Waals surface area contributed by atoms with E-state index in [0.717, 1.165) is 16.7 Å². The summed E-state index contributed by atoms with van der Waals surface area (Å²) in [5.74, 6) is 6.10. The van der Waals surface area contributed by atoms with Crippen LogP contribution in [0.1, 0.15) is 22.7 Å². The van der Waals surface area contributed by atoms with Gasteiger partial charge in [0.2, 0.25) is 0 Å². The summed E-state index contributed by atoms with van der Waals surface area (Å²) in [6.07, 6.45) is 2.25. The molecular weight excluding hydrogens is 295 g/mol. The van der Waals surface area contributed by atoms with E-state index < -0.39 is 0 Å². The largest absolute Gasteiger partial charge is 0.383 e. The van der Waals surface area contributed by atoms with Gasteiger partial charge < -0.3 is 5.73 Å². The highest BCUT2D eigenvalue weighted by Gasteiger charge is 2.18. The second kappa shape index (κ2) is 6.41. The third-order valence-corrected chi connectivity index (χ3v) is 3.84. The van der Waals surface area contributed by atoms with E-state index in [9.17, 15) is 0 Å². The summed E-state index contributed by atoms with van der Waals surface area (Å²) < 4.78 is 0. The molecule has 0 saturated carbocycles. The average molecular weight is 311 g/mol. The van der Waals surface area contributed by atoms with Crippen molar-refractivity contribution in [1.29, 1.82) is 0 Å². The van der Waals surface area contributed by atoms with E-state index in [1.807, 2.05) is 19.1 Å². The number of nitrogens with one attached hydrogen (secondary N) is 1. The van der Waals surface area contributed by atoms with Crippen LogP contribution in [0.2, 0.25) is 10.0 Å². The molecule has 20 heavy (non-hydrogen) atoms. The van der Waals surface area contributed by atoms with Crippen LogP contribution in [0, 0.1) is 6.92 Å². The van der Waals surface area contributed by atoms with Gasteiger partial charge in [-0.3, -0.25) is 11.3 Å². The van der Waals surface area contributed by atoms with E-state index in [2.05, 4.69) is 10.4 Å². The van der Waals surface area contributed by atoms with Crippen molar-refractivity contribution in [2.75, 3.05) is 5.73 Å². The number of halogens is 2. The normalized spacial score (nSPS) is 12.4. The fraction of sp³-hybridized carbons (Fsp3) is 0.214. The molecule has 0 aliphatic heterocycles. The Morgan fingerprint density at radius 3 is 2.55 bits per heavy atom. The average Bonchev–Trinajstić information content (AvgIpc) is 2.42. The van der Waals surface area contributed by atoms with Gasteiger partial charge in [-0.15, -0.1) is 0 Å². The Kier molecular flexibility index (Phi) is 4.83. The van der Waals surface area contributed by atoms with Crippen LogP contribution < -0.4 is 17.0 Å². The summed E-state index contributed by atoms with van der Waals surface area (Å²) in [6.45, 7) is 1.95. The molecule has 5 N–H and O–H groups in total. The molecule has 2 aromatic rings. The summed E-state index contributed by atoms with van der Waals surface area (Å²) in [6, 6.07) is 7.15. The number of hydrazine groups is 1. The number of nitrogens with two attached hydrogens (primary N) is 2. The maximum absolute atomic E-state index is 6.19. The van der Waals surface area contributed by atoms with Crippen LogP contribution in [0.25, 0.3) is 0 Å². The number of hydrogen-bond donors (Lipinski definition) is 3. The van der Waals surface area contributed by atoms with Gasteiger partial charge >= 0.3 is 0 Å². The smallest absolute Gasteiger partial charge is 0.128 e. The molecule has 1 aromatic heterocycles. The van der Waals surface area contributed by atoms with Crippen LogP contribution in [0.5, 0.6) is 0 Å². The lowest BCUT2D eigenvalue weighted by Crippen LogP contribution is -2.30. The molecule has 0 amide bonds. The number of rotatable bonds is 4. The molecule has 1 atom stereocenters. The number of nitrogen functional groups attached to an aromatic ring is 1. The van der Waals surface area contributed by atoms with E-state index in [0.29, 0.717) is 22.3 Å². The van der Waals surface area contributed by atoms with Crippen molar-refractivity contribution in [3.63, 3.8) is 0 Å². The second-order valence-electron chi connectivity index (χ2n) is 4.61. The van der Waals surface area contributed by atoms with Gasteiger partial charge in [0.25, 0.3) is 0 Å². The highest BCUT2D eigenvalue weighted by atomic mass is 35.5. The molecular formula is C14H16Cl2N4. The van der Waals surface area contributed by atoms with Gasteiger partial charge in [-0.25, -0.2) is 4.98 Å². The van der Waals surface area contributed by atoms with E-state index in [1.165, 1.54) is 0 Å². The lowest BCUT2D eigenvalue weighted by Gasteiger charge is -2.19. The van der Waals surface area contributed by atoms with Gasteiger partial charge in [0.1, 0.15) is 5.82 Å². The van der Waals surface area contributed by atoms with Crippen LogP contribution in [-0.2, 0) is 6.42 Å². The molecule has 0 saturated heterocycles. The van der Waals surface area contributed by atoms with Crippen LogP contribution in [0.15, 0.2) is 30.5 Å². The molecule has 106 valence electrons. The molecule has 2 rings (SSSR count). The zero-order valence-electron chi connectivity index (χ0n) is 11.0. The highest BCUT2D eigenvalue weighted by molar-refractivity contribution is 6.36. The quantitative estimate of drug-likeness (QED) is 0.599. The first-order valence-electron chi connectivity index (χ1n) is 6.14. The monoisotopic (exact) mass is 310 g/mol. The second-order valence-corrected chi connectivity index (χ2v) is 5.43. The van der Waals surface area contributed by atoms with E-state index in [-0.39, 0.29) is 6.04 Å². The number of anilines is 1. The maximum Gasteiger partial charge on any atom is 0.128 e. The van der Waals surface area contributed by atoms with Gasteiger partial charge in [-0.2, -0.15) is 0 Å². The van der Waals surface area contributed by atoms with Crippen molar-refractivity contribution in [2.45, 2.75) is 19.4 Å². The Morgan fingerprint density at radius 2 is 1.95 bits per heavy atom. The summed E-state index contributed by atoms with van der Waals surface area (Å²) >= 11 is 12.4. The van der Waals surface area contributed by atoms with Gasteiger partial charge in [0.05, 0.1) is 6.04 Å². The van der Waals surface area contributed by atoms with E-state index in [4.69, 9.17) is 34.8 Å². The summed E-state index contributed by atoms with van der Waals surface area (Å²) in [7, 11) is 0. The van der Waals surface area contributed by atoms with Crippen molar-refractivity contribution in [3.05, 3.63) is 57.2 Å². The van der Waals surface area contributed by atoms with Crippen molar-refractivity contribution in [2.24, 2.45) is 5.84 Å². The molecule has 0 spiro atoms. The zero-order chi connectivity index (χ0) is 14.7. The SMILES string of the molecule is Cc1cnc(N)c(C(Cc2c(Cl)cccc2Cl)NN)c1. The summed E-state index contributed by atoms with van der Waals surface area (Å²) in [4.78, 5) is 4.15. The molecule has 0 radical (unpaired) electrons. The van der Waals surface area contributed by atoms with Gasteiger partial charge in [0, 0.05) is 21.8 Å². The number of benzene rings is 1. The summed E-state index contributed by atoms with van der Waals surface area (Å²) in [5.41, 5.74) is 11.4. The van der Waals surface area contributed by atoms with Crippen LogP contribution in [0.3, 0.4) is 0 Å². The van der Waals surface area contributed by atoms with Gasteiger partial charge in [0.15, 0.2) is 0 Å². The molecule has 0 aliphatic rings. The number of hydrogen-bond acceptors (Lipinski definition) is 4. The maximum atomic E-state index is 6.19. The standard InChI is InChI=1S/C14H16Cl2N4/c1-8-5-10(14(17)19-7-8)13(20-18)6-9-11(15)3-2-4-12(9)16/h2-5,7,13,20H,6,18H2,1H3,(H2,17,19). The van der Waals surface area contributed by atoms with Crippen LogP contribution in [-0.4, -0.2) is 4.98 Å². The minimum atomic E-state index is -0.209. The van der Waals surface area contributed by atoms with Crippen molar-refractivity contribution in [3.8, 4) is 0 Å². The number of nitrogens with zero attached hydrogens (tertiary/aromatic N) is 1. The molecule has 4 nitrogen and oxygen atoms in total. The van der Waals surface area contributed by atoms with Crippen LogP contribution >= 0.6 is 23.2 Å². The zero-order valence-corrected chi connectivity index (χ0v) is 12.5. The molecule has 1 heterocycles. The lowest BCUT2D eigenvalue weighted by molar-refractivity contribution is 0.552. The van der Waals surface area contributed by atoms with Crippen LogP contribution in [0.4, 0.5) is 5.82 Å². The molecule has 0 aliphatic carbocycles. The number of pyridine rings is 1. The number of aromatic nitrogens is 1. The van der Waals surface area contributed by atoms with E-state index >= 15 is 0 Å². The van der Waals surface area contributed by atoms with Crippen molar-refractivity contribution < 1.29 is 0 Å². The first kappa shape index (κ1) is 15.1. The highest BCUT2D eigenvalue weighted by Crippen LogP contribution is 2.30. The van der Waals surface area contributed by atoms with Crippen molar-refractivity contribution in [1.82, 2.24) is 10.4 Å². The molecule has 6 heteroatoms. The molecule has 0 fully saturated rings. The third kappa shape index (κ3) is 3.22. The topological polar surface area (TPSA) is 77.0 Å². The number of aryl methyl sites for hydroxylation is 1. The Morgan fingerprint density at radius 1 is 1.30 bits per heavy atom. The molecule has 1 aromatic carbocycles. The van der Waals surface area contributed by atoms with Crippen molar-refractivity contribution >= 4 is 29.0 Å². The predicted molar refractivity (Wildman–Crippen MR) is 83.6 cm³/mol. The fourth-order valence-electron chi connectivity index (χ4n) is 2.07. The van der Waals surface area contributed by atoms with Gasteiger partial charge in [-0.1, -0.05) is 29.3 Å². The Bertz CT molecular complexity index is 596. The minimum Gasteiger partial charge on any atom is -0.383 e.